The number of nitrogens with two attached hydrogens (primary N) is 1. The van der Waals surface area contributed by atoms with E-state index in [1.54, 1.807) is 9.58 Å². The molecule has 1 unspecified atom stereocenters. The normalized spacial score (nSPS) is 14.6. The number of amides is 1. The number of allylic oxidation sites excluding steroid dienone is 1. The molecule has 3 aromatic rings. The molecule has 1 atom stereocenters. The standard InChI is InChI=1S/C21H24N6O/c1-4-26(5-2)21(28)13(3)27-12-17-19(25-27)16-7-6-14(15-8-9-23-11-15)10-18(16)24-20(17)22/h6-10,12-13H,4-5,11H2,1-3H3,(H2,22,24). The summed E-state index contributed by atoms with van der Waals surface area (Å²) in [6.07, 6.45) is 5.66. The van der Waals surface area contributed by atoms with E-state index >= 15 is 0 Å². The molecule has 0 aliphatic carbocycles. The summed E-state index contributed by atoms with van der Waals surface area (Å²) in [6.45, 7) is 7.85. The van der Waals surface area contributed by atoms with E-state index in [2.05, 4.69) is 16.0 Å². The third-order valence-corrected chi connectivity index (χ3v) is 5.34. The molecule has 0 bridgehead atoms. The highest BCUT2D eigenvalue weighted by atomic mass is 16.2. The van der Waals surface area contributed by atoms with Crippen LogP contribution in [0.2, 0.25) is 0 Å². The maximum atomic E-state index is 12.7. The quantitative estimate of drug-likeness (QED) is 0.741. The van der Waals surface area contributed by atoms with E-state index in [4.69, 9.17) is 10.8 Å². The molecule has 3 heterocycles. The lowest BCUT2D eigenvalue weighted by molar-refractivity contribution is -0.134. The molecule has 7 heteroatoms. The predicted molar refractivity (Wildman–Crippen MR) is 113 cm³/mol. The van der Waals surface area contributed by atoms with Gasteiger partial charge in [-0.2, -0.15) is 5.10 Å². The van der Waals surface area contributed by atoms with Crippen LogP contribution in [0.1, 0.15) is 32.4 Å². The monoisotopic (exact) mass is 376 g/mol. The number of pyridine rings is 1. The van der Waals surface area contributed by atoms with Gasteiger partial charge in [0, 0.05) is 30.9 Å². The van der Waals surface area contributed by atoms with Gasteiger partial charge in [0.1, 0.15) is 17.4 Å². The number of aliphatic imine (C=N–C) groups is 1. The van der Waals surface area contributed by atoms with E-state index in [0.29, 0.717) is 25.5 Å². The molecule has 0 fully saturated rings. The number of nitrogens with zero attached hydrogens (tertiary/aromatic N) is 5. The molecule has 28 heavy (non-hydrogen) atoms. The first-order chi connectivity index (χ1) is 13.5. The lowest BCUT2D eigenvalue weighted by atomic mass is 10.0. The molecular formula is C21H24N6O. The Morgan fingerprint density at radius 3 is 2.75 bits per heavy atom. The Morgan fingerprint density at radius 1 is 1.29 bits per heavy atom. The number of carbonyl (C=O) groups excluding carboxylic acids is 1. The summed E-state index contributed by atoms with van der Waals surface area (Å²) >= 11 is 0. The fraction of sp³-hybridized carbons (Fsp3) is 0.333. The van der Waals surface area contributed by atoms with E-state index in [1.807, 2.05) is 51.4 Å². The van der Waals surface area contributed by atoms with Gasteiger partial charge in [0.2, 0.25) is 5.91 Å². The van der Waals surface area contributed by atoms with E-state index in [1.165, 1.54) is 0 Å². The van der Waals surface area contributed by atoms with Crippen LogP contribution in [0.5, 0.6) is 0 Å². The molecule has 1 aliphatic heterocycles. The van der Waals surface area contributed by atoms with Crippen LogP contribution >= 0.6 is 0 Å². The Kier molecular flexibility index (Phi) is 4.58. The first-order valence-corrected chi connectivity index (χ1v) is 9.59. The second-order valence-electron chi connectivity index (χ2n) is 6.97. The number of fused-ring (bicyclic) bond motifs is 3. The van der Waals surface area contributed by atoms with Crippen molar-refractivity contribution >= 4 is 45.3 Å². The molecule has 4 rings (SSSR count). The molecule has 2 aromatic heterocycles. The minimum Gasteiger partial charge on any atom is -0.383 e. The Balaban J connectivity index is 1.79. The number of benzene rings is 1. The molecule has 1 aromatic carbocycles. The first kappa shape index (κ1) is 18.2. The second kappa shape index (κ2) is 7.07. The van der Waals surface area contributed by atoms with Crippen molar-refractivity contribution in [1.82, 2.24) is 19.7 Å². The number of carbonyl (C=O) groups is 1. The highest BCUT2D eigenvalue weighted by Gasteiger charge is 2.22. The lowest BCUT2D eigenvalue weighted by Gasteiger charge is -2.22. The van der Waals surface area contributed by atoms with E-state index in [9.17, 15) is 4.79 Å². The minimum atomic E-state index is -0.401. The lowest BCUT2D eigenvalue weighted by Crippen LogP contribution is -2.36. The van der Waals surface area contributed by atoms with Gasteiger partial charge in [0.05, 0.1) is 17.4 Å². The predicted octanol–water partition coefficient (Wildman–Crippen LogP) is 3.06. The van der Waals surface area contributed by atoms with Crippen LogP contribution in [0, 0.1) is 0 Å². The van der Waals surface area contributed by atoms with Gasteiger partial charge in [0.25, 0.3) is 0 Å². The number of anilines is 1. The largest absolute Gasteiger partial charge is 0.383 e. The third kappa shape index (κ3) is 2.93. The van der Waals surface area contributed by atoms with Crippen molar-refractivity contribution in [3.05, 3.63) is 36.0 Å². The Labute approximate surface area is 163 Å². The van der Waals surface area contributed by atoms with Crippen molar-refractivity contribution in [2.24, 2.45) is 4.99 Å². The topological polar surface area (TPSA) is 89.4 Å². The van der Waals surface area contributed by atoms with E-state index < -0.39 is 6.04 Å². The first-order valence-electron chi connectivity index (χ1n) is 9.59. The summed E-state index contributed by atoms with van der Waals surface area (Å²) in [5.74, 6) is 0.467. The molecule has 144 valence electrons. The second-order valence-corrected chi connectivity index (χ2v) is 6.97. The van der Waals surface area contributed by atoms with Crippen molar-refractivity contribution in [2.45, 2.75) is 26.8 Å². The van der Waals surface area contributed by atoms with Gasteiger partial charge in [-0.15, -0.1) is 0 Å². The molecule has 0 spiro atoms. The van der Waals surface area contributed by atoms with Gasteiger partial charge < -0.3 is 10.6 Å². The zero-order valence-electron chi connectivity index (χ0n) is 16.4. The van der Waals surface area contributed by atoms with E-state index in [-0.39, 0.29) is 5.91 Å². The van der Waals surface area contributed by atoms with Crippen molar-refractivity contribution in [3.8, 4) is 0 Å². The van der Waals surface area contributed by atoms with Crippen LogP contribution in [-0.4, -0.2) is 51.4 Å². The molecule has 0 saturated heterocycles. The molecule has 1 amide bonds. The van der Waals surface area contributed by atoms with Crippen molar-refractivity contribution in [3.63, 3.8) is 0 Å². The molecular weight excluding hydrogens is 352 g/mol. The molecule has 1 aliphatic rings. The number of likely N-dealkylation sites (N-methyl/N-ethyl adjacent to an activating group) is 1. The maximum Gasteiger partial charge on any atom is 0.247 e. The number of hydrogen-bond donors (Lipinski definition) is 1. The van der Waals surface area contributed by atoms with Gasteiger partial charge in [-0.05, 0) is 50.1 Å². The van der Waals surface area contributed by atoms with Gasteiger partial charge in [-0.1, -0.05) is 6.07 Å². The summed E-state index contributed by atoms with van der Waals surface area (Å²) in [5.41, 5.74) is 10.0. The average molecular weight is 376 g/mol. The van der Waals surface area contributed by atoms with Crippen LogP contribution < -0.4 is 5.73 Å². The van der Waals surface area contributed by atoms with Crippen LogP contribution in [0.3, 0.4) is 0 Å². The number of rotatable bonds is 5. The number of hydrogen-bond acceptors (Lipinski definition) is 5. The summed E-state index contributed by atoms with van der Waals surface area (Å²) in [5, 5.41) is 6.40. The number of aromatic nitrogens is 3. The average Bonchev–Trinajstić information content (AvgIpc) is 3.38. The fourth-order valence-electron chi connectivity index (χ4n) is 3.64. The molecule has 2 N–H and O–H groups in total. The van der Waals surface area contributed by atoms with Crippen molar-refractivity contribution in [2.75, 3.05) is 25.4 Å². The smallest absolute Gasteiger partial charge is 0.247 e. The van der Waals surface area contributed by atoms with E-state index in [0.717, 1.165) is 32.9 Å². The highest BCUT2D eigenvalue weighted by molar-refractivity contribution is 6.08. The molecule has 7 nitrogen and oxygen atoms in total. The van der Waals surface area contributed by atoms with Gasteiger partial charge in [-0.25, -0.2) is 4.98 Å². The molecule has 0 radical (unpaired) electrons. The zero-order valence-corrected chi connectivity index (χ0v) is 16.4. The van der Waals surface area contributed by atoms with Gasteiger partial charge >= 0.3 is 0 Å². The van der Waals surface area contributed by atoms with Gasteiger partial charge in [0.15, 0.2) is 0 Å². The van der Waals surface area contributed by atoms with Crippen LogP contribution in [0.25, 0.3) is 27.4 Å². The van der Waals surface area contributed by atoms with Crippen molar-refractivity contribution < 1.29 is 4.79 Å². The third-order valence-electron chi connectivity index (χ3n) is 5.34. The minimum absolute atomic E-state index is 0.0455. The van der Waals surface area contributed by atoms with Crippen LogP contribution in [-0.2, 0) is 4.79 Å². The summed E-state index contributed by atoms with van der Waals surface area (Å²) < 4.78 is 1.70. The highest BCUT2D eigenvalue weighted by Crippen LogP contribution is 2.30. The van der Waals surface area contributed by atoms with Crippen LogP contribution in [0.4, 0.5) is 5.82 Å². The Bertz CT molecular complexity index is 1120. The summed E-state index contributed by atoms with van der Waals surface area (Å²) in [6, 6.07) is 5.70. The Morgan fingerprint density at radius 2 is 2.07 bits per heavy atom. The summed E-state index contributed by atoms with van der Waals surface area (Å²) in [4.78, 5) is 23.4. The SMILES string of the molecule is CCN(CC)C(=O)C(C)n1cc2c(N)nc3cc(C4=CC=NC4)ccc3c2n1. The van der Waals surface area contributed by atoms with Crippen molar-refractivity contribution in [1.29, 1.82) is 0 Å². The zero-order chi connectivity index (χ0) is 19.8. The van der Waals surface area contributed by atoms with Gasteiger partial charge in [-0.3, -0.25) is 14.5 Å². The fourth-order valence-corrected chi connectivity index (χ4v) is 3.64. The Hall–Kier alpha value is -3.22. The number of nitrogen functional groups attached to an aromatic ring is 1. The molecule has 0 saturated carbocycles. The summed E-state index contributed by atoms with van der Waals surface area (Å²) in [7, 11) is 0. The maximum absolute atomic E-state index is 12.7. The van der Waals surface area contributed by atoms with Crippen LogP contribution in [0.15, 0.2) is 35.5 Å².